The highest BCUT2D eigenvalue weighted by atomic mass is 16.5. The van der Waals surface area contributed by atoms with Crippen molar-refractivity contribution in [2.45, 2.75) is 26.4 Å². The maximum absolute atomic E-state index is 5.72. The molecule has 1 aromatic carbocycles. The van der Waals surface area contributed by atoms with E-state index in [0.717, 1.165) is 17.7 Å². The summed E-state index contributed by atoms with van der Waals surface area (Å²) in [7, 11) is 0. The molecular formula is C11H17NO. The van der Waals surface area contributed by atoms with Gasteiger partial charge in [-0.3, -0.25) is 0 Å². The average Bonchev–Trinajstić information content (AvgIpc) is 2.17. The Morgan fingerprint density at radius 1 is 1.38 bits per heavy atom. The standard InChI is InChI=1S/C11H17NO/c1-3-10(8-12)13-11-7-5-4-6-9(11)2/h4-7,10H,3,8,12H2,1-2H3/t10-/m0/s1. The number of ether oxygens (including phenoxy) is 1. The largest absolute Gasteiger partial charge is 0.489 e. The number of nitrogens with two attached hydrogens (primary N) is 1. The molecule has 0 aliphatic heterocycles. The first kappa shape index (κ1) is 10.1. The van der Waals surface area contributed by atoms with Gasteiger partial charge in [-0.15, -0.1) is 0 Å². The molecule has 0 saturated heterocycles. The normalized spacial score (nSPS) is 12.5. The van der Waals surface area contributed by atoms with Crippen molar-refractivity contribution in [2.75, 3.05) is 6.54 Å². The fourth-order valence-electron chi connectivity index (χ4n) is 1.17. The smallest absolute Gasteiger partial charge is 0.122 e. The van der Waals surface area contributed by atoms with Crippen LogP contribution < -0.4 is 10.5 Å². The average molecular weight is 179 g/mol. The van der Waals surface area contributed by atoms with Gasteiger partial charge in [0.25, 0.3) is 0 Å². The molecule has 0 heterocycles. The Bertz CT molecular complexity index is 256. The summed E-state index contributed by atoms with van der Waals surface area (Å²) in [6.45, 7) is 4.69. The van der Waals surface area contributed by atoms with Crippen LogP contribution in [0.25, 0.3) is 0 Å². The van der Waals surface area contributed by atoms with Crippen LogP contribution in [0.3, 0.4) is 0 Å². The first-order valence-electron chi connectivity index (χ1n) is 4.70. The Hall–Kier alpha value is -1.02. The van der Waals surface area contributed by atoms with Crippen molar-refractivity contribution in [1.29, 1.82) is 0 Å². The molecule has 2 nitrogen and oxygen atoms in total. The second-order valence-electron chi connectivity index (χ2n) is 3.15. The van der Waals surface area contributed by atoms with Gasteiger partial charge in [0.2, 0.25) is 0 Å². The molecule has 2 N–H and O–H groups in total. The maximum Gasteiger partial charge on any atom is 0.122 e. The fraction of sp³-hybridized carbons (Fsp3) is 0.455. The molecule has 0 amide bonds. The minimum Gasteiger partial charge on any atom is -0.489 e. The molecule has 0 radical (unpaired) electrons. The van der Waals surface area contributed by atoms with Gasteiger partial charge in [0.15, 0.2) is 0 Å². The van der Waals surface area contributed by atoms with Crippen molar-refractivity contribution in [3.05, 3.63) is 29.8 Å². The monoisotopic (exact) mass is 179 g/mol. The third-order valence-electron chi connectivity index (χ3n) is 2.11. The molecule has 72 valence electrons. The van der Waals surface area contributed by atoms with E-state index >= 15 is 0 Å². The molecule has 0 aliphatic carbocycles. The fourth-order valence-corrected chi connectivity index (χ4v) is 1.17. The lowest BCUT2D eigenvalue weighted by Gasteiger charge is -2.16. The van der Waals surface area contributed by atoms with Gasteiger partial charge in [-0.1, -0.05) is 25.1 Å². The molecular weight excluding hydrogens is 162 g/mol. The molecule has 1 aromatic rings. The van der Waals surface area contributed by atoms with Crippen LogP contribution in [-0.4, -0.2) is 12.6 Å². The van der Waals surface area contributed by atoms with Crippen molar-refractivity contribution < 1.29 is 4.74 Å². The third kappa shape index (κ3) is 2.74. The molecule has 13 heavy (non-hydrogen) atoms. The number of benzene rings is 1. The minimum atomic E-state index is 0.140. The summed E-state index contributed by atoms with van der Waals surface area (Å²) in [6.07, 6.45) is 1.09. The molecule has 0 bridgehead atoms. The second kappa shape index (κ2) is 4.87. The van der Waals surface area contributed by atoms with Crippen molar-refractivity contribution in [2.24, 2.45) is 5.73 Å². The quantitative estimate of drug-likeness (QED) is 0.768. The topological polar surface area (TPSA) is 35.2 Å². The van der Waals surface area contributed by atoms with Gasteiger partial charge in [0.05, 0.1) is 0 Å². The number of rotatable bonds is 4. The highest BCUT2D eigenvalue weighted by molar-refractivity contribution is 5.31. The van der Waals surface area contributed by atoms with Crippen LogP contribution in [0.1, 0.15) is 18.9 Å². The van der Waals surface area contributed by atoms with Gasteiger partial charge in [0, 0.05) is 6.54 Å². The van der Waals surface area contributed by atoms with E-state index in [1.807, 2.05) is 31.2 Å². The van der Waals surface area contributed by atoms with E-state index in [4.69, 9.17) is 10.5 Å². The van der Waals surface area contributed by atoms with Crippen molar-refractivity contribution in [3.63, 3.8) is 0 Å². The third-order valence-corrected chi connectivity index (χ3v) is 2.11. The Kier molecular flexibility index (Phi) is 3.77. The van der Waals surface area contributed by atoms with E-state index < -0.39 is 0 Å². The lowest BCUT2D eigenvalue weighted by atomic mass is 10.2. The zero-order chi connectivity index (χ0) is 9.68. The maximum atomic E-state index is 5.72. The molecule has 0 fully saturated rings. The molecule has 2 heteroatoms. The summed E-state index contributed by atoms with van der Waals surface area (Å²) >= 11 is 0. The van der Waals surface area contributed by atoms with Crippen molar-refractivity contribution in [1.82, 2.24) is 0 Å². The summed E-state index contributed by atoms with van der Waals surface area (Å²) in [5, 5.41) is 0. The van der Waals surface area contributed by atoms with E-state index in [9.17, 15) is 0 Å². The van der Waals surface area contributed by atoms with E-state index in [1.54, 1.807) is 0 Å². The number of hydrogen-bond acceptors (Lipinski definition) is 2. The molecule has 0 spiro atoms. The van der Waals surface area contributed by atoms with E-state index in [0.29, 0.717) is 6.54 Å². The van der Waals surface area contributed by atoms with Crippen LogP contribution in [-0.2, 0) is 0 Å². The Morgan fingerprint density at radius 3 is 2.62 bits per heavy atom. The summed E-state index contributed by atoms with van der Waals surface area (Å²) < 4.78 is 5.72. The van der Waals surface area contributed by atoms with Gasteiger partial charge in [-0.05, 0) is 25.0 Å². The Morgan fingerprint density at radius 2 is 2.08 bits per heavy atom. The number of para-hydroxylation sites is 1. The zero-order valence-electron chi connectivity index (χ0n) is 8.29. The second-order valence-corrected chi connectivity index (χ2v) is 3.15. The number of hydrogen-bond donors (Lipinski definition) is 1. The predicted molar refractivity (Wildman–Crippen MR) is 54.9 cm³/mol. The molecule has 0 aliphatic rings. The molecule has 0 saturated carbocycles. The SMILES string of the molecule is CC[C@@H](CN)Oc1ccccc1C. The van der Waals surface area contributed by atoms with Crippen LogP contribution in [0.4, 0.5) is 0 Å². The van der Waals surface area contributed by atoms with Crippen LogP contribution in [0, 0.1) is 6.92 Å². The molecule has 1 rings (SSSR count). The zero-order valence-corrected chi connectivity index (χ0v) is 8.29. The van der Waals surface area contributed by atoms with Gasteiger partial charge in [-0.2, -0.15) is 0 Å². The minimum absolute atomic E-state index is 0.140. The van der Waals surface area contributed by atoms with Crippen molar-refractivity contribution in [3.8, 4) is 5.75 Å². The van der Waals surface area contributed by atoms with Gasteiger partial charge in [-0.25, -0.2) is 0 Å². The lowest BCUT2D eigenvalue weighted by Crippen LogP contribution is -2.25. The van der Waals surface area contributed by atoms with Crippen LogP contribution in [0.2, 0.25) is 0 Å². The highest BCUT2D eigenvalue weighted by Crippen LogP contribution is 2.18. The Balaban J connectivity index is 2.67. The van der Waals surface area contributed by atoms with E-state index in [2.05, 4.69) is 6.92 Å². The first-order valence-corrected chi connectivity index (χ1v) is 4.70. The highest BCUT2D eigenvalue weighted by Gasteiger charge is 2.06. The molecule has 0 aromatic heterocycles. The van der Waals surface area contributed by atoms with Crippen LogP contribution in [0.5, 0.6) is 5.75 Å². The van der Waals surface area contributed by atoms with Crippen LogP contribution >= 0.6 is 0 Å². The van der Waals surface area contributed by atoms with E-state index in [-0.39, 0.29) is 6.10 Å². The van der Waals surface area contributed by atoms with Crippen LogP contribution in [0.15, 0.2) is 24.3 Å². The summed E-state index contributed by atoms with van der Waals surface area (Å²) in [5.41, 5.74) is 6.72. The van der Waals surface area contributed by atoms with Gasteiger partial charge < -0.3 is 10.5 Å². The van der Waals surface area contributed by atoms with E-state index in [1.165, 1.54) is 0 Å². The Labute approximate surface area is 79.7 Å². The lowest BCUT2D eigenvalue weighted by molar-refractivity contribution is 0.204. The molecule has 0 unspecified atom stereocenters. The summed E-state index contributed by atoms with van der Waals surface area (Å²) in [6, 6.07) is 8.00. The van der Waals surface area contributed by atoms with Crippen molar-refractivity contribution >= 4 is 0 Å². The summed E-state index contributed by atoms with van der Waals surface area (Å²) in [4.78, 5) is 0. The first-order chi connectivity index (χ1) is 6.27. The predicted octanol–water partition coefficient (Wildman–Crippen LogP) is 2.11. The summed E-state index contributed by atoms with van der Waals surface area (Å²) in [5.74, 6) is 0.944. The molecule has 1 atom stereocenters. The van der Waals surface area contributed by atoms with Gasteiger partial charge in [0.1, 0.15) is 11.9 Å². The number of aryl methyl sites for hydroxylation is 1. The van der Waals surface area contributed by atoms with Gasteiger partial charge >= 0.3 is 0 Å².